The molecule has 1 fully saturated rings. The molecule has 0 unspecified atom stereocenters. The SMILES string of the molecule is CCOC1CC(Nc2nccc(C#N)n2)C1. The number of hydrogen-bond donors (Lipinski definition) is 1. The highest BCUT2D eigenvalue weighted by Crippen LogP contribution is 2.25. The van der Waals surface area contributed by atoms with E-state index in [9.17, 15) is 0 Å². The highest BCUT2D eigenvalue weighted by molar-refractivity contribution is 5.31. The second-order valence-corrected chi connectivity index (χ2v) is 3.77. The predicted molar refractivity (Wildman–Crippen MR) is 58.8 cm³/mol. The van der Waals surface area contributed by atoms with Gasteiger partial charge < -0.3 is 10.1 Å². The fourth-order valence-corrected chi connectivity index (χ4v) is 1.73. The zero-order chi connectivity index (χ0) is 11.4. The van der Waals surface area contributed by atoms with E-state index in [-0.39, 0.29) is 0 Å². The highest BCUT2D eigenvalue weighted by atomic mass is 16.5. The lowest BCUT2D eigenvalue weighted by atomic mass is 9.89. The first-order chi connectivity index (χ1) is 7.81. The van der Waals surface area contributed by atoms with Gasteiger partial charge in [0.2, 0.25) is 5.95 Å². The molecule has 1 aromatic heterocycles. The summed E-state index contributed by atoms with van der Waals surface area (Å²) < 4.78 is 5.46. The fraction of sp³-hybridized carbons (Fsp3) is 0.545. The molecule has 0 radical (unpaired) electrons. The summed E-state index contributed by atoms with van der Waals surface area (Å²) in [5.74, 6) is 0.527. The summed E-state index contributed by atoms with van der Waals surface area (Å²) in [5, 5.41) is 11.9. The molecule has 2 rings (SSSR count). The van der Waals surface area contributed by atoms with Crippen molar-refractivity contribution in [3.8, 4) is 6.07 Å². The molecule has 1 saturated carbocycles. The van der Waals surface area contributed by atoms with Crippen LogP contribution in [-0.2, 0) is 4.74 Å². The Morgan fingerprint density at radius 3 is 3.12 bits per heavy atom. The molecule has 5 nitrogen and oxygen atoms in total. The second kappa shape index (κ2) is 4.90. The smallest absolute Gasteiger partial charge is 0.224 e. The van der Waals surface area contributed by atoms with E-state index in [1.54, 1.807) is 12.3 Å². The van der Waals surface area contributed by atoms with Gasteiger partial charge in [-0.15, -0.1) is 0 Å². The van der Waals surface area contributed by atoms with Crippen LogP contribution in [0.3, 0.4) is 0 Å². The van der Waals surface area contributed by atoms with Gasteiger partial charge in [0.1, 0.15) is 11.8 Å². The monoisotopic (exact) mass is 218 g/mol. The van der Waals surface area contributed by atoms with E-state index in [1.165, 1.54) is 0 Å². The third-order valence-electron chi connectivity index (χ3n) is 2.60. The Kier molecular flexibility index (Phi) is 3.32. The van der Waals surface area contributed by atoms with E-state index in [1.807, 2.05) is 13.0 Å². The molecule has 1 N–H and O–H groups in total. The van der Waals surface area contributed by atoms with Crippen molar-refractivity contribution in [2.45, 2.75) is 31.9 Å². The van der Waals surface area contributed by atoms with Crippen molar-refractivity contribution in [1.29, 1.82) is 5.26 Å². The summed E-state index contributed by atoms with van der Waals surface area (Å²) in [7, 11) is 0. The lowest BCUT2D eigenvalue weighted by Crippen LogP contribution is -2.41. The number of aromatic nitrogens is 2. The first-order valence-electron chi connectivity index (χ1n) is 5.43. The molecule has 16 heavy (non-hydrogen) atoms. The Morgan fingerprint density at radius 2 is 2.44 bits per heavy atom. The minimum absolute atomic E-state index is 0.363. The van der Waals surface area contributed by atoms with Crippen molar-refractivity contribution in [3.05, 3.63) is 18.0 Å². The van der Waals surface area contributed by atoms with Crippen molar-refractivity contribution in [2.75, 3.05) is 11.9 Å². The van der Waals surface area contributed by atoms with Gasteiger partial charge in [-0.25, -0.2) is 9.97 Å². The number of nitrogens with one attached hydrogen (secondary N) is 1. The third-order valence-corrected chi connectivity index (χ3v) is 2.60. The molecule has 5 heteroatoms. The van der Waals surface area contributed by atoms with Gasteiger partial charge in [-0.1, -0.05) is 0 Å². The van der Waals surface area contributed by atoms with Crippen LogP contribution in [0.25, 0.3) is 0 Å². The van der Waals surface area contributed by atoms with Gasteiger partial charge >= 0.3 is 0 Å². The van der Waals surface area contributed by atoms with Crippen molar-refractivity contribution < 1.29 is 4.74 Å². The van der Waals surface area contributed by atoms with Crippen molar-refractivity contribution in [1.82, 2.24) is 9.97 Å². The Labute approximate surface area is 94.5 Å². The molecule has 0 atom stereocenters. The maximum Gasteiger partial charge on any atom is 0.224 e. The van der Waals surface area contributed by atoms with Crippen molar-refractivity contribution >= 4 is 5.95 Å². The first kappa shape index (κ1) is 10.8. The van der Waals surface area contributed by atoms with Crippen molar-refractivity contribution in [2.24, 2.45) is 0 Å². The van der Waals surface area contributed by atoms with Gasteiger partial charge in [0.05, 0.1) is 6.10 Å². The first-order valence-corrected chi connectivity index (χ1v) is 5.43. The second-order valence-electron chi connectivity index (χ2n) is 3.77. The minimum atomic E-state index is 0.363. The normalized spacial score (nSPS) is 23.2. The van der Waals surface area contributed by atoms with Crippen LogP contribution in [0.5, 0.6) is 0 Å². The largest absolute Gasteiger partial charge is 0.378 e. The maximum absolute atomic E-state index is 8.69. The standard InChI is InChI=1S/C11H14N4O/c1-2-16-10-5-9(6-10)15-11-13-4-3-8(7-12)14-11/h3-4,9-10H,2,5-6H2,1H3,(H,13,14,15). The summed E-state index contributed by atoms with van der Waals surface area (Å²) in [5.41, 5.74) is 0.387. The van der Waals surface area contributed by atoms with E-state index in [4.69, 9.17) is 10.00 Å². The molecule has 0 spiro atoms. The summed E-state index contributed by atoms with van der Waals surface area (Å²) in [6.45, 7) is 2.76. The van der Waals surface area contributed by atoms with E-state index < -0.39 is 0 Å². The molecular weight excluding hydrogens is 204 g/mol. The third kappa shape index (κ3) is 2.47. The molecule has 1 heterocycles. The van der Waals surface area contributed by atoms with Crippen LogP contribution < -0.4 is 5.32 Å². The van der Waals surface area contributed by atoms with E-state index in [0.29, 0.717) is 23.8 Å². The van der Waals surface area contributed by atoms with E-state index in [2.05, 4.69) is 15.3 Å². The molecule has 0 amide bonds. The molecule has 1 aromatic rings. The van der Waals surface area contributed by atoms with Crippen LogP contribution >= 0.6 is 0 Å². The zero-order valence-corrected chi connectivity index (χ0v) is 9.18. The summed E-state index contributed by atoms with van der Waals surface area (Å²) >= 11 is 0. The fourth-order valence-electron chi connectivity index (χ4n) is 1.73. The topological polar surface area (TPSA) is 70.8 Å². The lowest BCUT2D eigenvalue weighted by Gasteiger charge is -2.35. The number of hydrogen-bond acceptors (Lipinski definition) is 5. The Balaban J connectivity index is 1.85. The number of ether oxygens (including phenoxy) is 1. The van der Waals surface area contributed by atoms with E-state index >= 15 is 0 Å². The summed E-state index contributed by atoms with van der Waals surface area (Å²) in [6.07, 6.45) is 3.91. The average molecular weight is 218 g/mol. The number of nitrogens with zero attached hydrogens (tertiary/aromatic N) is 3. The maximum atomic E-state index is 8.69. The van der Waals surface area contributed by atoms with E-state index in [0.717, 1.165) is 19.4 Å². The molecule has 0 saturated heterocycles. The van der Waals surface area contributed by atoms with Gasteiger partial charge in [-0.05, 0) is 25.8 Å². The van der Waals surface area contributed by atoms with Crippen LogP contribution in [0.4, 0.5) is 5.95 Å². The Morgan fingerprint density at radius 1 is 1.62 bits per heavy atom. The number of rotatable bonds is 4. The van der Waals surface area contributed by atoms with Gasteiger partial charge in [0, 0.05) is 18.8 Å². The quantitative estimate of drug-likeness (QED) is 0.825. The minimum Gasteiger partial charge on any atom is -0.378 e. The van der Waals surface area contributed by atoms with Crippen LogP contribution in [0, 0.1) is 11.3 Å². The van der Waals surface area contributed by atoms with Crippen molar-refractivity contribution in [3.63, 3.8) is 0 Å². The van der Waals surface area contributed by atoms with Gasteiger partial charge in [-0.2, -0.15) is 5.26 Å². The summed E-state index contributed by atoms with van der Waals surface area (Å²) in [4.78, 5) is 8.13. The molecule has 1 aliphatic carbocycles. The summed E-state index contributed by atoms with van der Waals surface area (Å²) in [6, 6.07) is 3.95. The molecule has 0 aromatic carbocycles. The number of anilines is 1. The highest BCUT2D eigenvalue weighted by Gasteiger charge is 2.29. The van der Waals surface area contributed by atoms with Crippen LogP contribution in [0.2, 0.25) is 0 Å². The molecule has 84 valence electrons. The predicted octanol–water partition coefficient (Wildman–Crippen LogP) is 1.33. The van der Waals surface area contributed by atoms with Crippen LogP contribution in [-0.4, -0.2) is 28.7 Å². The Bertz CT molecular complexity index is 395. The zero-order valence-electron chi connectivity index (χ0n) is 9.18. The van der Waals surface area contributed by atoms with Crippen LogP contribution in [0.1, 0.15) is 25.5 Å². The van der Waals surface area contributed by atoms with Gasteiger partial charge in [0.25, 0.3) is 0 Å². The number of nitriles is 1. The lowest BCUT2D eigenvalue weighted by molar-refractivity contribution is 0.00285. The molecule has 0 bridgehead atoms. The van der Waals surface area contributed by atoms with Gasteiger partial charge in [-0.3, -0.25) is 0 Å². The van der Waals surface area contributed by atoms with Gasteiger partial charge in [0.15, 0.2) is 0 Å². The van der Waals surface area contributed by atoms with Crippen LogP contribution in [0.15, 0.2) is 12.3 Å². The molecular formula is C11H14N4O. The molecule has 1 aliphatic rings. The Hall–Kier alpha value is -1.67. The molecule has 0 aliphatic heterocycles. The average Bonchev–Trinajstić information content (AvgIpc) is 2.27.